The summed E-state index contributed by atoms with van der Waals surface area (Å²) >= 11 is 5.86. The molecule has 116 valence electrons. The molecule has 4 nitrogen and oxygen atoms in total. The van der Waals surface area contributed by atoms with E-state index in [0.29, 0.717) is 12.5 Å². The Hall–Kier alpha value is -2.20. The maximum atomic E-state index is 5.88. The fourth-order valence-corrected chi connectivity index (χ4v) is 2.15. The van der Waals surface area contributed by atoms with Gasteiger partial charge in [0.2, 0.25) is 0 Å². The molecule has 0 bridgehead atoms. The van der Waals surface area contributed by atoms with Crippen molar-refractivity contribution in [1.82, 2.24) is 0 Å². The molecule has 0 atom stereocenters. The molecule has 22 heavy (non-hydrogen) atoms. The Balaban J connectivity index is 1.78. The van der Waals surface area contributed by atoms with Gasteiger partial charge < -0.3 is 15.8 Å². The maximum absolute atomic E-state index is 5.88. The molecular weight excluding hydrogens is 298 g/mol. The maximum Gasteiger partial charge on any atom is 0.193 e. The van der Waals surface area contributed by atoms with Crippen molar-refractivity contribution in [2.24, 2.45) is 10.7 Å². The molecule has 0 amide bonds. The van der Waals surface area contributed by atoms with Crippen LogP contribution in [0.1, 0.15) is 12.0 Å². The molecular formula is C17H20ClN3O. The van der Waals surface area contributed by atoms with E-state index in [9.17, 15) is 0 Å². The van der Waals surface area contributed by atoms with Crippen molar-refractivity contribution in [3.05, 3.63) is 59.1 Å². The van der Waals surface area contributed by atoms with Crippen LogP contribution in [0.5, 0.6) is 5.75 Å². The Bertz CT molecular complexity index is 626. The minimum Gasteiger partial charge on any atom is -0.497 e. The molecule has 0 heterocycles. The van der Waals surface area contributed by atoms with Crippen LogP contribution in [0.4, 0.5) is 5.69 Å². The number of nitrogens with one attached hydrogen (secondary N) is 1. The van der Waals surface area contributed by atoms with Gasteiger partial charge in [0.05, 0.1) is 7.11 Å². The van der Waals surface area contributed by atoms with Gasteiger partial charge in [0.1, 0.15) is 5.75 Å². The van der Waals surface area contributed by atoms with E-state index in [1.807, 2.05) is 48.5 Å². The van der Waals surface area contributed by atoms with E-state index in [1.54, 1.807) is 7.11 Å². The molecule has 0 aliphatic rings. The van der Waals surface area contributed by atoms with Gasteiger partial charge >= 0.3 is 0 Å². The van der Waals surface area contributed by atoms with E-state index >= 15 is 0 Å². The fourth-order valence-electron chi connectivity index (χ4n) is 2.02. The average molecular weight is 318 g/mol. The number of halogens is 1. The van der Waals surface area contributed by atoms with Gasteiger partial charge in [-0.1, -0.05) is 29.8 Å². The third-order valence-electron chi connectivity index (χ3n) is 3.16. The Morgan fingerprint density at radius 1 is 1.23 bits per heavy atom. The summed E-state index contributed by atoms with van der Waals surface area (Å²) in [5.74, 6) is 1.19. The normalized spacial score (nSPS) is 11.3. The van der Waals surface area contributed by atoms with Crippen molar-refractivity contribution >= 4 is 23.2 Å². The van der Waals surface area contributed by atoms with Crippen LogP contribution in [0.25, 0.3) is 0 Å². The summed E-state index contributed by atoms with van der Waals surface area (Å²) in [6.45, 7) is 0.672. The Kier molecular flexibility index (Phi) is 6.10. The van der Waals surface area contributed by atoms with Crippen molar-refractivity contribution in [1.29, 1.82) is 0 Å². The summed E-state index contributed by atoms with van der Waals surface area (Å²) in [4.78, 5) is 4.32. The zero-order valence-corrected chi connectivity index (χ0v) is 13.3. The molecule has 0 radical (unpaired) electrons. The van der Waals surface area contributed by atoms with Crippen LogP contribution < -0.4 is 15.8 Å². The highest BCUT2D eigenvalue weighted by atomic mass is 35.5. The summed E-state index contributed by atoms with van der Waals surface area (Å²) in [5.41, 5.74) is 7.99. The second-order valence-electron chi connectivity index (χ2n) is 4.85. The van der Waals surface area contributed by atoms with E-state index in [4.69, 9.17) is 22.1 Å². The molecule has 2 aromatic rings. The first kappa shape index (κ1) is 16.2. The van der Waals surface area contributed by atoms with Crippen LogP contribution in [0.15, 0.2) is 53.5 Å². The zero-order chi connectivity index (χ0) is 15.8. The molecule has 0 saturated heterocycles. The lowest BCUT2D eigenvalue weighted by molar-refractivity contribution is 0.415. The fraction of sp³-hybridized carbons (Fsp3) is 0.235. The van der Waals surface area contributed by atoms with Crippen LogP contribution in [-0.4, -0.2) is 19.6 Å². The van der Waals surface area contributed by atoms with Crippen LogP contribution in [0.3, 0.4) is 0 Å². The first-order valence-electron chi connectivity index (χ1n) is 7.13. The third kappa shape index (κ3) is 5.30. The molecule has 0 aliphatic heterocycles. The molecule has 5 heteroatoms. The second-order valence-corrected chi connectivity index (χ2v) is 5.29. The Labute approximate surface area is 136 Å². The lowest BCUT2D eigenvalue weighted by Crippen LogP contribution is -2.22. The van der Waals surface area contributed by atoms with Gasteiger partial charge in [-0.15, -0.1) is 0 Å². The SMILES string of the molecule is COc1cccc(NC(N)=NCCCc2ccc(Cl)cc2)c1. The van der Waals surface area contributed by atoms with E-state index in [-0.39, 0.29) is 0 Å². The first-order valence-corrected chi connectivity index (χ1v) is 7.50. The Morgan fingerprint density at radius 3 is 2.73 bits per heavy atom. The molecule has 0 unspecified atom stereocenters. The van der Waals surface area contributed by atoms with E-state index in [2.05, 4.69) is 10.3 Å². The number of methoxy groups -OCH3 is 1. The number of anilines is 1. The molecule has 2 rings (SSSR count). The quantitative estimate of drug-likeness (QED) is 0.485. The van der Waals surface area contributed by atoms with E-state index < -0.39 is 0 Å². The minimum atomic E-state index is 0.407. The number of benzene rings is 2. The monoisotopic (exact) mass is 317 g/mol. The lowest BCUT2D eigenvalue weighted by Gasteiger charge is -2.07. The summed E-state index contributed by atoms with van der Waals surface area (Å²) in [6, 6.07) is 15.4. The third-order valence-corrected chi connectivity index (χ3v) is 3.41. The number of hydrogen-bond donors (Lipinski definition) is 2. The van der Waals surface area contributed by atoms with Gasteiger partial charge in [-0.25, -0.2) is 0 Å². The van der Waals surface area contributed by atoms with Gasteiger partial charge in [0, 0.05) is 23.3 Å². The summed E-state index contributed by atoms with van der Waals surface area (Å²) < 4.78 is 5.16. The van der Waals surface area contributed by atoms with Gasteiger partial charge in [-0.3, -0.25) is 4.99 Å². The average Bonchev–Trinajstić information content (AvgIpc) is 2.53. The van der Waals surface area contributed by atoms with Crippen LogP contribution >= 0.6 is 11.6 Å². The molecule has 0 aromatic heterocycles. The predicted molar refractivity (Wildman–Crippen MR) is 92.9 cm³/mol. The number of nitrogens with two attached hydrogens (primary N) is 1. The van der Waals surface area contributed by atoms with Crippen molar-refractivity contribution < 1.29 is 4.74 Å². The van der Waals surface area contributed by atoms with Crippen LogP contribution in [0.2, 0.25) is 5.02 Å². The van der Waals surface area contributed by atoms with Crippen molar-refractivity contribution in [3.63, 3.8) is 0 Å². The Morgan fingerprint density at radius 2 is 2.00 bits per heavy atom. The van der Waals surface area contributed by atoms with Gasteiger partial charge in [-0.05, 0) is 42.7 Å². The van der Waals surface area contributed by atoms with Crippen molar-refractivity contribution in [2.75, 3.05) is 19.0 Å². The molecule has 0 aliphatic carbocycles. The number of aliphatic imine (C=N–C) groups is 1. The van der Waals surface area contributed by atoms with Gasteiger partial charge in [0.25, 0.3) is 0 Å². The predicted octanol–water partition coefficient (Wildman–Crippen LogP) is 3.71. The first-order chi connectivity index (χ1) is 10.7. The zero-order valence-electron chi connectivity index (χ0n) is 12.6. The highest BCUT2D eigenvalue weighted by Crippen LogP contribution is 2.16. The summed E-state index contributed by atoms with van der Waals surface area (Å²) in [5, 5.41) is 3.81. The number of rotatable bonds is 6. The van der Waals surface area contributed by atoms with E-state index in [1.165, 1.54) is 5.56 Å². The number of ether oxygens (including phenoxy) is 1. The minimum absolute atomic E-state index is 0.407. The lowest BCUT2D eigenvalue weighted by atomic mass is 10.1. The number of guanidine groups is 1. The van der Waals surface area contributed by atoms with Crippen molar-refractivity contribution in [3.8, 4) is 5.75 Å². The molecule has 0 spiro atoms. The standard InChI is InChI=1S/C17H20ClN3O/c1-22-16-6-2-5-15(12-16)21-17(19)20-11-3-4-13-7-9-14(18)10-8-13/h2,5-10,12H,3-4,11H2,1H3,(H3,19,20,21). The van der Waals surface area contributed by atoms with Gasteiger partial charge in [0.15, 0.2) is 5.96 Å². The van der Waals surface area contributed by atoms with Crippen LogP contribution in [0, 0.1) is 0 Å². The summed E-state index contributed by atoms with van der Waals surface area (Å²) in [7, 11) is 1.63. The molecule has 2 aromatic carbocycles. The van der Waals surface area contributed by atoms with Gasteiger partial charge in [-0.2, -0.15) is 0 Å². The summed E-state index contributed by atoms with van der Waals surface area (Å²) in [6.07, 6.45) is 1.88. The number of nitrogens with zero attached hydrogens (tertiary/aromatic N) is 1. The number of aryl methyl sites for hydroxylation is 1. The largest absolute Gasteiger partial charge is 0.497 e. The molecule has 0 saturated carbocycles. The molecule has 0 fully saturated rings. The smallest absolute Gasteiger partial charge is 0.193 e. The van der Waals surface area contributed by atoms with Crippen molar-refractivity contribution in [2.45, 2.75) is 12.8 Å². The highest BCUT2D eigenvalue weighted by molar-refractivity contribution is 6.30. The number of hydrogen-bond acceptors (Lipinski definition) is 2. The second kappa shape index (κ2) is 8.29. The van der Waals surface area contributed by atoms with Crippen LogP contribution in [-0.2, 0) is 6.42 Å². The van der Waals surface area contributed by atoms with E-state index in [0.717, 1.165) is 29.3 Å². The topological polar surface area (TPSA) is 59.6 Å². The molecule has 3 N–H and O–H groups in total. The highest BCUT2D eigenvalue weighted by Gasteiger charge is 1.98.